The van der Waals surface area contributed by atoms with Crippen molar-refractivity contribution >= 4 is 23.4 Å². The first-order chi connectivity index (χ1) is 14.1. The number of hydrogen-bond acceptors (Lipinski definition) is 7. The van der Waals surface area contributed by atoms with Crippen LogP contribution >= 0.6 is 0 Å². The van der Waals surface area contributed by atoms with Crippen molar-refractivity contribution in [3.63, 3.8) is 0 Å². The number of aromatic amines is 1. The SMILES string of the molecule is CC(Nc1cc(Nc2cc(C3CCOCC3)[nH]n2)nc(N)n1)c1ccc(F)cc1. The summed E-state index contributed by atoms with van der Waals surface area (Å²) in [5, 5.41) is 13.9. The Bertz CT molecular complexity index is 954. The zero-order chi connectivity index (χ0) is 20.2. The highest BCUT2D eigenvalue weighted by molar-refractivity contribution is 5.58. The van der Waals surface area contributed by atoms with Gasteiger partial charge in [0.05, 0.1) is 0 Å². The van der Waals surface area contributed by atoms with Crippen LogP contribution in [0.15, 0.2) is 36.4 Å². The second kappa shape index (κ2) is 8.44. The van der Waals surface area contributed by atoms with Crippen molar-refractivity contribution in [2.24, 2.45) is 0 Å². The number of ether oxygens (including phenoxy) is 1. The lowest BCUT2D eigenvalue weighted by Gasteiger charge is -2.20. The van der Waals surface area contributed by atoms with E-state index in [2.05, 4.69) is 30.8 Å². The van der Waals surface area contributed by atoms with E-state index in [1.165, 1.54) is 12.1 Å². The minimum atomic E-state index is -0.266. The minimum absolute atomic E-state index is 0.0803. The van der Waals surface area contributed by atoms with Crippen molar-refractivity contribution in [1.29, 1.82) is 0 Å². The molecule has 0 bridgehead atoms. The van der Waals surface area contributed by atoms with E-state index in [1.54, 1.807) is 18.2 Å². The van der Waals surface area contributed by atoms with Gasteiger partial charge in [-0.05, 0) is 37.5 Å². The molecule has 4 rings (SSSR count). The van der Waals surface area contributed by atoms with E-state index >= 15 is 0 Å². The Morgan fingerprint density at radius 2 is 1.83 bits per heavy atom. The van der Waals surface area contributed by atoms with Crippen molar-refractivity contribution < 1.29 is 9.13 Å². The van der Waals surface area contributed by atoms with Crippen molar-refractivity contribution in [2.75, 3.05) is 29.6 Å². The summed E-state index contributed by atoms with van der Waals surface area (Å²) in [7, 11) is 0. The number of nitrogens with one attached hydrogen (secondary N) is 3. The first kappa shape index (κ1) is 19.1. The van der Waals surface area contributed by atoms with Crippen molar-refractivity contribution in [1.82, 2.24) is 20.2 Å². The molecule has 1 unspecified atom stereocenters. The van der Waals surface area contributed by atoms with Crippen LogP contribution in [-0.4, -0.2) is 33.4 Å². The molecule has 0 amide bonds. The standard InChI is InChI=1S/C20H24FN7O/c1-12(13-2-4-15(21)5-3-13)23-17-11-18(26-20(22)25-17)24-19-10-16(27-28-19)14-6-8-29-9-7-14/h2-5,10-12,14H,6-9H2,1H3,(H5,22,23,24,25,26,27,28). The van der Waals surface area contributed by atoms with Crippen LogP contribution in [0.5, 0.6) is 0 Å². The molecule has 0 radical (unpaired) electrons. The molecule has 1 saturated heterocycles. The molecule has 3 heterocycles. The molecule has 2 aromatic heterocycles. The fourth-order valence-corrected chi connectivity index (χ4v) is 3.41. The maximum atomic E-state index is 13.1. The smallest absolute Gasteiger partial charge is 0.223 e. The fraction of sp³-hybridized carbons (Fsp3) is 0.350. The Kier molecular flexibility index (Phi) is 5.57. The van der Waals surface area contributed by atoms with Crippen LogP contribution in [0.25, 0.3) is 0 Å². The van der Waals surface area contributed by atoms with Crippen LogP contribution in [0, 0.1) is 5.82 Å². The monoisotopic (exact) mass is 397 g/mol. The van der Waals surface area contributed by atoms with Gasteiger partial charge in [-0.1, -0.05) is 12.1 Å². The molecule has 9 heteroatoms. The highest BCUT2D eigenvalue weighted by Gasteiger charge is 2.18. The largest absolute Gasteiger partial charge is 0.381 e. The molecule has 1 aliphatic heterocycles. The number of H-pyrrole nitrogens is 1. The topological polar surface area (TPSA) is 114 Å². The number of nitrogens with two attached hydrogens (primary N) is 1. The predicted molar refractivity (Wildman–Crippen MR) is 110 cm³/mol. The Hall–Kier alpha value is -3.20. The Morgan fingerprint density at radius 1 is 1.10 bits per heavy atom. The maximum absolute atomic E-state index is 13.1. The third kappa shape index (κ3) is 4.80. The number of anilines is 4. The second-order valence-corrected chi connectivity index (χ2v) is 7.13. The van der Waals surface area contributed by atoms with Gasteiger partial charge < -0.3 is 21.1 Å². The van der Waals surface area contributed by atoms with Gasteiger partial charge in [-0.3, -0.25) is 5.10 Å². The van der Waals surface area contributed by atoms with Gasteiger partial charge in [0.25, 0.3) is 0 Å². The second-order valence-electron chi connectivity index (χ2n) is 7.13. The number of aromatic nitrogens is 4. The van der Waals surface area contributed by atoms with Gasteiger partial charge in [0, 0.05) is 43.0 Å². The summed E-state index contributed by atoms with van der Waals surface area (Å²) in [6, 6.07) is 10.0. The molecule has 0 aliphatic carbocycles. The Labute approximate surface area is 168 Å². The molecule has 3 aromatic rings. The van der Waals surface area contributed by atoms with Crippen LogP contribution < -0.4 is 16.4 Å². The van der Waals surface area contributed by atoms with Crippen LogP contribution in [0.3, 0.4) is 0 Å². The van der Waals surface area contributed by atoms with E-state index in [-0.39, 0.29) is 17.8 Å². The summed E-state index contributed by atoms with van der Waals surface area (Å²) in [5.41, 5.74) is 7.90. The van der Waals surface area contributed by atoms with Crippen molar-refractivity contribution in [2.45, 2.75) is 31.7 Å². The van der Waals surface area contributed by atoms with Crippen molar-refractivity contribution in [3.05, 3.63) is 53.5 Å². The lowest BCUT2D eigenvalue weighted by molar-refractivity contribution is 0.0845. The molecule has 8 nitrogen and oxygen atoms in total. The van der Waals surface area contributed by atoms with E-state index in [0.717, 1.165) is 37.3 Å². The first-order valence-electron chi connectivity index (χ1n) is 9.63. The number of rotatable bonds is 6. The highest BCUT2D eigenvalue weighted by Crippen LogP contribution is 2.28. The zero-order valence-corrected chi connectivity index (χ0v) is 16.2. The third-order valence-electron chi connectivity index (χ3n) is 4.99. The average Bonchev–Trinajstić information content (AvgIpc) is 3.17. The molecular formula is C20H24FN7O. The predicted octanol–water partition coefficient (Wildman–Crippen LogP) is 3.73. The number of halogens is 1. The molecule has 0 spiro atoms. The molecule has 1 aliphatic rings. The number of nitrogens with zero attached hydrogens (tertiary/aromatic N) is 3. The van der Waals surface area contributed by atoms with Crippen LogP contribution in [-0.2, 0) is 4.74 Å². The van der Waals surface area contributed by atoms with Crippen LogP contribution in [0.4, 0.5) is 27.8 Å². The lowest BCUT2D eigenvalue weighted by Crippen LogP contribution is -2.14. The molecule has 1 fully saturated rings. The Balaban J connectivity index is 1.45. The molecular weight excluding hydrogens is 373 g/mol. The summed E-state index contributed by atoms with van der Waals surface area (Å²) in [4.78, 5) is 8.47. The summed E-state index contributed by atoms with van der Waals surface area (Å²) in [6.07, 6.45) is 1.97. The van der Waals surface area contributed by atoms with E-state index in [4.69, 9.17) is 10.5 Å². The van der Waals surface area contributed by atoms with Gasteiger partial charge in [-0.15, -0.1) is 0 Å². The average molecular weight is 397 g/mol. The summed E-state index contributed by atoms with van der Waals surface area (Å²) in [6.45, 7) is 3.51. The van der Waals surface area contributed by atoms with E-state index in [1.807, 2.05) is 13.0 Å². The van der Waals surface area contributed by atoms with Gasteiger partial charge in [0.2, 0.25) is 5.95 Å². The van der Waals surface area contributed by atoms with Gasteiger partial charge >= 0.3 is 0 Å². The molecule has 152 valence electrons. The number of hydrogen-bond donors (Lipinski definition) is 4. The summed E-state index contributed by atoms with van der Waals surface area (Å²) >= 11 is 0. The van der Waals surface area contributed by atoms with Gasteiger partial charge in [-0.2, -0.15) is 15.1 Å². The van der Waals surface area contributed by atoms with Gasteiger partial charge in [0.1, 0.15) is 17.5 Å². The summed E-state index contributed by atoms with van der Waals surface area (Å²) < 4.78 is 18.5. The molecule has 0 saturated carbocycles. The minimum Gasteiger partial charge on any atom is -0.381 e. The lowest BCUT2D eigenvalue weighted by atomic mass is 9.97. The fourth-order valence-electron chi connectivity index (χ4n) is 3.41. The zero-order valence-electron chi connectivity index (χ0n) is 16.2. The maximum Gasteiger partial charge on any atom is 0.223 e. The molecule has 5 N–H and O–H groups in total. The first-order valence-corrected chi connectivity index (χ1v) is 9.63. The van der Waals surface area contributed by atoms with Crippen LogP contribution in [0.2, 0.25) is 0 Å². The normalized spacial score (nSPS) is 15.8. The van der Waals surface area contributed by atoms with E-state index < -0.39 is 0 Å². The van der Waals surface area contributed by atoms with E-state index in [9.17, 15) is 4.39 Å². The Morgan fingerprint density at radius 3 is 2.59 bits per heavy atom. The highest BCUT2D eigenvalue weighted by atomic mass is 19.1. The molecule has 1 atom stereocenters. The third-order valence-corrected chi connectivity index (χ3v) is 4.99. The molecule has 1 aromatic carbocycles. The quantitative estimate of drug-likeness (QED) is 0.501. The van der Waals surface area contributed by atoms with Crippen LogP contribution in [0.1, 0.15) is 43.0 Å². The van der Waals surface area contributed by atoms with E-state index in [0.29, 0.717) is 23.4 Å². The summed E-state index contributed by atoms with van der Waals surface area (Å²) in [5.74, 6) is 2.08. The number of benzene rings is 1. The molecule has 29 heavy (non-hydrogen) atoms. The van der Waals surface area contributed by atoms with Crippen molar-refractivity contribution in [3.8, 4) is 0 Å². The van der Waals surface area contributed by atoms with Gasteiger partial charge in [-0.25, -0.2) is 4.39 Å². The van der Waals surface area contributed by atoms with Gasteiger partial charge in [0.15, 0.2) is 5.82 Å². The number of nitrogen functional groups attached to an aromatic ring is 1.